The Morgan fingerprint density at radius 2 is 0.974 bits per heavy atom. The summed E-state index contributed by atoms with van der Waals surface area (Å²) in [5.74, 6) is 2.04. The molecule has 0 bridgehead atoms. The van der Waals surface area contributed by atoms with Gasteiger partial charge in [-0.25, -0.2) is 0 Å². The van der Waals surface area contributed by atoms with Crippen LogP contribution in [0.15, 0.2) is 127 Å². The van der Waals surface area contributed by atoms with Gasteiger partial charge in [0.05, 0.1) is 0 Å². The zero-order valence-electron chi connectivity index (χ0n) is 20.9. The van der Waals surface area contributed by atoms with Crippen molar-refractivity contribution in [2.24, 2.45) is 0 Å². The van der Waals surface area contributed by atoms with E-state index in [0.29, 0.717) is 17.5 Å². The first-order valence-corrected chi connectivity index (χ1v) is 14.7. The van der Waals surface area contributed by atoms with Crippen molar-refractivity contribution >= 4 is 55.3 Å². The van der Waals surface area contributed by atoms with E-state index in [1.807, 2.05) is 60.7 Å². The first-order valence-electron chi connectivity index (χ1n) is 13.0. The monoisotopic (exact) mass is 563 g/mol. The van der Waals surface area contributed by atoms with E-state index in [1.54, 1.807) is 0 Å². The van der Waals surface area contributed by atoms with Crippen LogP contribution >= 0.6 is 0 Å². The van der Waals surface area contributed by atoms with Gasteiger partial charge in [0, 0.05) is 0 Å². The number of aromatic nitrogens is 3. The molecule has 2 aromatic heterocycles. The molecule has 0 N–H and O–H groups in total. The number of fused-ring (bicyclic) bond motifs is 7. The van der Waals surface area contributed by atoms with Gasteiger partial charge < -0.3 is 0 Å². The van der Waals surface area contributed by atoms with Gasteiger partial charge in [-0.15, -0.1) is 0 Å². The molecular weight excluding hydrogens is 541 g/mol. The van der Waals surface area contributed by atoms with Crippen molar-refractivity contribution in [3.05, 3.63) is 127 Å². The molecule has 0 radical (unpaired) electrons. The Hall–Kier alpha value is -4.63. The Balaban J connectivity index is 1.40. The minimum absolute atomic E-state index is 0.268. The third kappa shape index (κ3) is 3.77. The van der Waals surface area contributed by atoms with Gasteiger partial charge in [-0.2, -0.15) is 0 Å². The third-order valence-electron chi connectivity index (χ3n) is 7.30. The van der Waals surface area contributed by atoms with E-state index in [9.17, 15) is 0 Å². The van der Waals surface area contributed by atoms with E-state index in [4.69, 9.17) is 15.0 Å². The Morgan fingerprint density at radius 1 is 0.410 bits per heavy atom. The number of hydrogen-bond acceptors (Lipinski definition) is 3. The Morgan fingerprint density at radius 3 is 1.69 bits per heavy atom. The zero-order valence-corrected chi connectivity index (χ0v) is 22.6. The SMILES string of the molecule is c1ccc(-c2nc(-c3ccccc3)nc(-c3ccc4ccc5ccc6c7ccccc7[se]c6c5c4c3)n2)cc1. The van der Waals surface area contributed by atoms with Gasteiger partial charge in [0.15, 0.2) is 0 Å². The molecule has 4 heteroatoms. The van der Waals surface area contributed by atoms with Crippen molar-refractivity contribution in [3.63, 3.8) is 0 Å². The molecule has 0 unspecified atom stereocenters. The van der Waals surface area contributed by atoms with Crippen LogP contribution < -0.4 is 0 Å². The van der Waals surface area contributed by atoms with Crippen LogP contribution in [0.5, 0.6) is 0 Å². The molecule has 3 nitrogen and oxygen atoms in total. The standard InChI is InChI=1S/C35H21N3Se/c1-3-9-24(10-4-1)33-36-34(25-11-5-2-6-12-25)38-35(37-33)26-18-16-22-15-17-23-19-20-28-27-13-7-8-14-30(27)39-32(28)31(23)29(22)21-26/h1-21H. The van der Waals surface area contributed by atoms with E-state index in [1.165, 1.54) is 40.8 Å². The van der Waals surface area contributed by atoms with Gasteiger partial charge in [-0.3, -0.25) is 0 Å². The average Bonchev–Trinajstić information content (AvgIpc) is 3.40. The fourth-order valence-corrected chi connectivity index (χ4v) is 8.06. The molecule has 182 valence electrons. The van der Waals surface area contributed by atoms with E-state index in [0.717, 1.165) is 16.7 Å². The first-order chi connectivity index (χ1) is 19.3. The van der Waals surface area contributed by atoms with Gasteiger partial charge in [-0.1, -0.05) is 0 Å². The first kappa shape index (κ1) is 22.4. The van der Waals surface area contributed by atoms with Crippen LogP contribution in [0.1, 0.15) is 0 Å². The molecule has 0 aliphatic carbocycles. The van der Waals surface area contributed by atoms with Gasteiger partial charge in [0.25, 0.3) is 0 Å². The summed E-state index contributed by atoms with van der Waals surface area (Å²) in [6.45, 7) is 0. The number of rotatable bonds is 3. The van der Waals surface area contributed by atoms with Crippen molar-refractivity contribution in [1.82, 2.24) is 15.0 Å². The summed E-state index contributed by atoms with van der Waals surface area (Å²) in [7, 11) is 0. The molecule has 6 aromatic carbocycles. The summed E-state index contributed by atoms with van der Waals surface area (Å²) in [6, 6.07) is 44.8. The van der Waals surface area contributed by atoms with Gasteiger partial charge in [0.1, 0.15) is 0 Å². The summed E-state index contributed by atoms with van der Waals surface area (Å²) in [5, 5.41) is 7.85. The average molecular weight is 563 g/mol. The second-order valence-corrected chi connectivity index (χ2v) is 11.9. The minimum atomic E-state index is 0.268. The van der Waals surface area contributed by atoms with Gasteiger partial charge in [0.2, 0.25) is 0 Å². The molecule has 2 heterocycles. The van der Waals surface area contributed by atoms with E-state index < -0.39 is 0 Å². The Labute approximate surface area is 231 Å². The Kier molecular flexibility index (Phi) is 5.15. The maximum absolute atomic E-state index is 4.97. The number of nitrogens with zero attached hydrogens (tertiary/aromatic N) is 3. The summed E-state index contributed by atoms with van der Waals surface area (Å²) in [4.78, 5) is 14.8. The summed E-state index contributed by atoms with van der Waals surface area (Å²) in [5.41, 5.74) is 2.94. The zero-order chi connectivity index (χ0) is 25.8. The van der Waals surface area contributed by atoms with Crippen LogP contribution in [0.4, 0.5) is 0 Å². The van der Waals surface area contributed by atoms with Gasteiger partial charge in [-0.05, 0) is 0 Å². The molecule has 0 fully saturated rings. The van der Waals surface area contributed by atoms with Crippen molar-refractivity contribution in [1.29, 1.82) is 0 Å². The fraction of sp³-hybridized carbons (Fsp3) is 0. The van der Waals surface area contributed by atoms with Crippen molar-refractivity contribution < 1.29 is 0 Å². The van der Waals surface area contributed by atoms with Crippen molar-refractivity contribution in [2.45, 2.75) is 0 Å². The van der Waals surface area contributed by atoms with E-state index >= 15 is 0 Å². The van der Waals surface area contributed by atoms with Crippen molar-refractivity contribution in [2.75, 3.05) is 0 Å². The number of benzene rings is 6. The van der Waals surface area contributed by atoms with Crippen LogP contribution in [0.3, 0.4) is 0 Å². The second-order valence-electron chi connectivity index (χ2n) is 9.68. The molecule has 0 spiro atoms. The van der Waals surface area contributed by atoms with Crippen LogP contribution in [-0.4, -0.2) is 29.5 Å². The topological polar surface area (TPSA) is 38.7 Å². The maximum atomic E-state index is 4.97. The van der Waals surface area contributed by atoms with E-state index in [2.05, 4.69) is 66.7 Å². The molecular formula is C35H21N3Se. The summed E-state index contributed by atoms with van der Waals surface area (Å²) >= 11 is 0.268. The van der Waals surface area contributed by atoms with Crippen LogP contribution in [0.2, 0.25) is 0 Å². The Bertz CT molecular complexity index is 2110. The quantitative estimate of drug-likeness (QED) is 0.160. The predicted octanol–water partition coefficient (Wildman–Crippen LogP) is 8.54. The molecule has 39 heavy (non-hydrogen) atoms. The third-order valence-corrected chi connectivity index (χ3v) is 9.83. The predicted molar refractivity (Wildman–Crippen MR) is 163 cm³/mol. The molecule has 0 amide bonds. The normalized spacial score (nSPS) is 11.6. The molecule has 0 saturated carbocycles. The van der Waals surface area contributed by atoms with Crippen LogP contribution in [0.25, 0.3) is 75.0 Å². The fourth-order valence-electron chi connectivity index (χ4n) is 5.40. The molecule has 0 aliphatic heterocycles. The van der Waals surface area contributed by atoms with Crippen LogP contribution in [-0.2, 0) is 0 Å². The molecule has 0 aliphatic rings. The van der Waals surface area contributed by atoms with Crippen molar-refractivity contribution in [3.8, 4) is 34.2 Å². The number of hydrogen-bond donors (Lipinski definition) is 0. The molecule has 0 atom stereocenters. The second kappa shape index (κ2) is 8.99. The molecule has 8 rings (SSSR count). The van der Waals surface area contributed by atoms with E-state index in [-0.39, 0.29) is 14.5 Å². The van der Waals surface area contributed by atoms with Gasteiger partial charge >= 0.3 is 232 Å². The van der Waals surface area contributed by atoms with Crippen LogP contribution in [0, 0.1) is 0 Å². The molecule has 0 saturated heterocycles. The summed E-state index contributed by atoms with van der Waals surface area (Å²) < 4.78 is 2.92. The molecule has 8 aromatic rings. The summed E-state index contributed by atoms with van der Waals surface area (Å²) in [6.07, 6.45) is 0.